The highest BCUT2D eigenvalue weighted by Crippen LogP contribution is 2.39. The molecule has 0 fully saturated rings. The van der Waals surface area contributed by atoms with Crippen LogP contribution in [0.5, 0.6) is 0 Å². The Hall–Kier alpha value is -3.29. The summed E-state index contributed by atoms with van der Waals surface area (Å²) in [7, 11) is 1.30. The molecule has 0 radical (unpaired) electrons. The SMILES string of the molecule is CCC1=CCC(c2c(C(=O)O)n(C(=O)OC(C)(C)C)c3ccccc23)N(C(=O)OC)C1. The molecule has 1 unspecified atom stereocenters. The molecule has 1 amide bonds. The van der Waals surface area contributed by atoms with Gasteiger partial charge in [0.15, 0.2) is 0 Å². The summed E-state index contributed by atoms with van der Waals surface area (Å²) in [5, 5.41) is 10.7. The number of aromatic carboxylic acids is 1. The lowest BCUT2D eigenvalue weighted by atomic mass is 9.93. The van der Waals surface area contributed by atoms with Crippen LogP contribution < -0.4 is 0 Å². The molecule has 1 aliphatic heterocycles. The maximum absolute atomic E-state index is 13.0. The van der Waals surface area contributed by atoms with Crippen LogP contribution in [-0.4, -0.2) is 52.0 Å². The fourth-order valence-electron chi connectivity index (χ4n) is 3.95. The minimum atomic E-state index is -1.27. The highest BCUT2D eigenvalue weighted by molar-refractivity contribution is 6.04. The Morgan fingerprint density at radius 3 is 2.42 bits per heavy atom. The summed E-state index contributed by atoms with van der Waals surface area (Å²) < 4.78 is 11.6. The Morgan fingerprint density at radius 2 is 1.84 bits per heavy atom. The number of methoxy groups -OCH3 is 1. The normalized spacial score (nSPS) is 16.7. The molecular weight excluding hydrogens is 400 g/mol. The van der Waals surface area contributed by atoms with Crippen LogP contribution in [0.4, 0.5) is 9.59 Å². The standard InChI is InChI=1S/C23H28N2O6/c1-6-14-11-12-17(24(13-14)21(28)30-5)18-15-9-7-8-10-16(15)25(19(18)20(26)27)22(29)31-23(2,3)4/h7-11,17H,6,12-13H2,1-5H3,(H,26,27). The number of aromatic nitrogens is 1. The molecule has 0 bridgehead atoms. The molecule has 3 rings (SSSR count). The van der Waals surface area contributed by atoms with Gasteiger partial charge in [-0.25, -0.2) is 19.0 Å². The van der Waals surface area contributed by atoms with Crippen LogP contribution in [0.3, 0.4) is 0 Å². The molecule has 1 aromatic heterocycles. The predicted molar refractivity (Wildman–Crippen MR) is 115 cm³/mol. The number of hydrogen-bond acceptors (Lipinski definition) is 5. The van der Waals surface area contributed by atoms with Gasteiger partial charge in [-0.1, -0.05) is 36.8 Å². The zero-order chi connectivity index (χ0) is 22.9. The first-order valence-corrected chi connectivity index (χ1v) is 10.2. The number of para-hydroxylation sites is 1. The second-order valence-corrected chi connectivity index (χ2v) is 8.47. The van der Waals surface area contributed by atoms with Gasteiger partial charge in [-0.05, 0) is 39.7 Å². The van der Waals surface area contributed by atoms with Gasteiger partial charge in [-0.15, -0.1) is 0 Å². The van der Waals surface area contributed by atoms with Gasteiger partial charge in [0.2, 0.25) is 0 Å². The Kier molecular flexibility index (Phi) is 6.10. The Labute approximate surface area is 181 Å². The average molecular weight is 428 g/mol. The molecule has 0 aliphatic carbocycles. The summed E-state index contributed by atoms with van der Waals surface area (Å²) in [6, 6.07) is 6.34. The smallest absolute Gasteiger partial charge is 0.419 e. The van der Waals surface area contributed by atoms with E-state index in [4.69, 9.17) is 9.47 Å². The molecule has 1 atom stereocenters. The van der Waals surface area contributed by atoms with E-state index in [1.165, 1.54) is 12.0 Å². The largest absolute Gasteiger partial charge is 0.477 e. The van der Waals surface area contributed by atoms with E-state index in [-0.39, 0.29) is 5.69 Å². The molecule has 1 aliphatic rings. The Morgan fingerprint density at radius 1 is 1.16 bits per heavy atom. The lowest BCUT2D eigenvalue weighted by Gasteiger charge is -2.34. The van der Waals surface area contributed by atoms with Crippen LogP contribution in [0.2, 0.25) is 0 Å². The van der Waals surface area contributed by atoms with Gasteiger partial charge in [0, 0.05) is 17.5 Å². The number of rotatable bonds is 3. The van der Waals surface area contributed by atoms with Gasteiger partial charge in [0.25, 0.3) is 0 Å². The number of carboxylic acid groups (broad SMARTS) is 1. The lowest BCUT2D eigenvalue weighted by Crippen LogP contribution is -2.39. The molecule has 2 aromatic rings. The summed E-state index contributed by atoms with van der Waals surface area (Å²) in [5.74, 6) is -1.27. The minimum Gasteiger partial charge on any atom is -0.477 e. The van der Waals surface area contributed by atoms with E-state index in [0.29, 0.717) is 29.4 Å². The van der Waals surface area contributed by atoms with Crippen molar-refractivity contribution in [3.8, 4) is 0 Å². The summed E-state index contributed by atoms with van der Waals surface area (Å²) in [6.07, 6.45) is 1.88. The third kappa shape index (κ3) is 4.28. The second-order valence-electron chi connectivity index (χ2n) is 8.47. The summed E-state index contributed by atoms with van der Waals surface area (Å²) >= 11 is 0. The van der Waals surface area contributed by atoms with Crippen molar-refractivity contribution in [3.05, 3.63) is 47.2 Å². The third-order valence-electron chi connectivity index (χ3n) is 5.27. The second kappa shape index (κ2) is 8.45. The van der Waals surface area contributed by atoms with E-state index in [2.05, 4.69) is 0 Å². The first-order chi connectivity index (χ1) is 14.6. The quantitative estimate of drug-likeness (QED) is 0.693. The maximum Gasteiger partial charge on any atom is 0.419 e. The zero-order valence-corrected chi connectivity index (χ0v) is 18.5. The molecule has 0 spiro atoms. The minimum absolute atomic E-state index is 0.206. The molecule has 0 saturated heterocycles. The first-order valence-electron chi connectivity index (χ1n) is 10.2. The van der Waals surface area contributed by atoms with Gasteiger partial charge >= 0.3 is 18.2 Å². The van der Waals surface area contributed by atoms with Gasteiger partial charge in [0.05, 0.1) is 18.7 Å². The van der Waals surface area contributed by atoms with E-state index >= 15 is 0 Å². The fourth-order valence-corrected chi connectivity index (χ4v) is 3.95. The maximum atomic E-state index is 13.0. The van der Waals surface area contributed by atoms with Crippen molar-refractivity contribution in [3.63, 3.8) is 0 Å². The molecule has 2 heterocycles. The Balaban J connectivity index is 2.28. The molecule has 166 valence electrons. The number of amides is 1. The Bertz CT molecular complexity index is 1060. The molecule has 1 aromatic carbocycles. The summed E-state index contributed by atoms with van der Waals surface area (Å²) in [4.78, 5) is 39.5. The molecular formula is C23H28N2O6. The van der Waals surface area contributed by atoms with E-state index in [1.54, 1.807) is 45.0 Å². The molecule has 8 heteroatoms. The van der Waals surface area contributed by atoms with E-state index in [1.807, 2.05) is 13.0 Å². The van der Waals surface area contributed by atoms with Crippen LogP contribution in [0, 0.1) is 0 Å². The number of nitrogens with zero attached hydrogens (tertiary/aromatic N) is 2. The van der Waals surface area contributed by atoms with Crippen LogP contribution in [-0.2, 0) is 9.47 Å². The highest BCUT2D eigenvalue weighted by Gasteiger charge is 2.37. The van der Waals surface area contributed by atoms with Crippen LogP contribution in [0.25, 0.3) is 10.9 Å². The van der Waals surface area contributed by atoms with Gasteiger partial charge in [-0.2, -0.15) is 0 Å². The van der Waals surface area contributed by atoms with Crippen molar-refractivity contribution in [1.82, 2.24) is 9.47 Å². The number of carbonyl (C=O) groups excluding carboxylic acids is 2. The topological polar surface area (TPSA) is 98.1 Å². The number of hydrogen-bond donors (Lipinski definition) is 1. The number of carbonyl (C=O) groups is 3. The first kappa shape index (κ1) is 22.4. The number of ether oxygens (including phenoxy) is 2. The van der Waals surface area contributed by atoms with Crippen LogP contribution in [0.1, 0.15) is 62.6 Å². The van der Waals surface area contributed by atoms with Crippen LogP contribution >= 0.6 is 0 Å². The monoisotopic (exact) mass is 428 g/mol. The van der Waals surface area contributed by atoms with Crippen molar-refractivity contribution in [2.75, 3.05) is 13.7 Å². The van der Waals surface area contributed by atoms with Crippen molar-refractivity contribution >= 4 is 29.1 Å². The highest BCUT2D eigenvalue weighted by atomic mass is 16.6. The molecule has 8 nitrogen and oxygen atoms in total. The predicted octanol–water partition coefficient (Wildman–Crippen LogP) is 4.97. The van der Waals surface area contributed by atoms with Gasteiger partial charge in [-0.3, -0.25) is 4.90 Å². The van der Waals surface area contributed by atoms with E-state index in [9.17, 15) is 19.5 Å². The van der Waals surface area contributed by atoms with Crippen molar-refractivity contribution in [2.45, 2.75) is 52.2 Å². The van der Waals surface area contributed by atoms with Crippen LogP contribution in [0.15, 0.2) is 35.9 Å². The number of fused-ring (bicyclic) bond motifs is 1. The van der Waals surface area contributed by atoms with E-state index < -0.39 is 29.8 Å². The summed E-state index contributed by atoms with van der Waals surface area (Å²) in [5.41, 5.74) is 0.863. The lowest BCUT2D eigenvalue weighted by molar-refractivity contribution is 0.0510. The fraction of sp³-hybridized carbons (Fsp3) is 0.435. The van der Waals surface area contributed by atoms with Crippen molar-refractivity contribution in [1.29, 1.82) is 0 Å². The molecule has 31 heavy (non-hydrogen) atoms. The number of benzene rings is 1. The van der Waals surface area contributed by atoms with Gasteiger partial charge < -0.3 is 14.6 Å². The van der Waals surface area contributed by atoms with Gasteiger partial charge in [0.1, 0.15) is 11.3 Å². The number of carboxylic acids is 1. The average Bonchev–Trinajstić information content (AvgIpc) is 3.07. The third-order valence-corrected chi connectivity index (χ3v) is 5.27. The van der Waals surface area contributed by atoms with Crippen molar-refractivity contribution < 1.29 is 29.0 Å². The molecule has 1 N–H and O–H groups in total. The van der Waals surface area contributed by atoms with Crippen molar-refractivity contribution in [2.24, 2.45) is 0 Å². The molecule has 0 saturated carbocycles. The summed E-state index contributed by atoms with van der Waals surface area (Å²) in [6.45, 7) is 7.48. The zero-order valence-electron chi connectivity index (χ0n) is 18.5. The van der Waals surface area contributed by atoms with E-state index in [0.717, 1.165) is 16.6 Å².